The Kier molecular flexibility index (Phi) is 3.75. The van der Waals surface area contributed by atoms with Gasteiger partial charge in [0.05, 0.1) is 11.1 Å². The third-order valence-corrected chi connectivity index (χ3v) is 2.34. The zero-order valence-corrected chi connectivity index (χ0v) is 10.0. The van der Waals surface area contributed by atoms with Gasteiger partial charge in [0.15, 0.2) is 0 Å². The highest BCUT2D eigenvalue weighted by atomic mass is 19.4. The molecule has 2 heterocycles. The maximum absolute atomic E-state index is 12.3. The fourth-order valence-electron chi connectivity index (χ4n) is 1.32. The molecule has 2 aromatic rings. The van der Waals surface area contributed by atoms with Gasteiger partial charge >= 0.3 is 12.4 Å². The standard InChI is InChI=1S/C12H6F6N2O/c13-11(14,15)7-1-3-9(19-5-7)21-10-4-2-8(6-20-10)12(16,17)18/h1-6H. The maximum atomic E-state index is 12.3. The number of hydrogen-bond acceptors (Lipinski definition) is 3. The van der Waals surface area contributed by atoms with Gasteiger partial charge in [-0.2, -0.15) is 26.3 Å². The predicted octanol–water partition coefficient (Wildman–Crippen LogP) is 4.31. The Morgan fingerprint density at radius 3 is 1.29 bits per heavy atom. The van der Waals surface area contributed by atoms with Crippen molar-refractivity contribution < 1.29 is 31.1 Å². The molecule has 0 radical (unpaired) electrons. The number of pyridine rings is 2. The fourth-order valence-corrected chi connectivity index (χ4v) is 1.32. The monoisotopic (exact) mass is 308 g/mol. The van der Waals surface area contributed by atoms with E-state index in [2.05, 4.69) is 9.97 Å². The first kappa shape index (κ1) is 15.1. The van der Waals surface area contributed by atoms with Crippen molar-refractivity contribution in [3.63, 3.8) is 0 Å². The number of ether oxygens (including phenoxy) is 1. The first-order valence-corrected chi connectivity index (χ1v) is 5.40. The van der Waals surface area contributed by atoms with Crippen LogP contribution in [0.5, 0.6) is 11.8 Å². The van der Waals surface area contributed by atoms with Gasteiger partial charge in [-0.05, 0) is 12.1 Å². The van der Waals surface area contributed by atoms with E-state index >= 15 is 0 Å². The summed E-state index contributed by atoms with van der Waals surface area (Å²) >= 11 is 0. The average Bonchev–Trinajstić information content (AvgIpc) is 2.38. The minimum absolute atomic E-state index is 0.213. The Bertz CT molecular complexity index is 548. The number of hydrogen-bond donors (Lipinski definition) is 0. The molecule has 0 saturated heterocycles. The molecule has 0 N–H and O–H groups in total. The molecule has 0 atom stereocenters. The molecule has 0 aliphatic heterocycles. The SMILES string of the molecule is FC(F)(F)c1ccc(Oc2ccc(C(F)(F)F)cn2)nc1. The van der Waals surface area contributed by atoms with Gasteiger partial charge in [-0.15, -0.1) is 0 Å². The molecule has 9 heteroatoms. The van der Waals surface area contributed by atoms with E-state index in [1.165, 1.54) is 0 Å². The van der Waals surface area contributed by atoms with Crippen LogP contribution in [0.4, 0.5) is 26.3 Å². The third kappa shape index (κ3) is 3.83. The van der Waals surface area contributed by atoms with Crippen LogP contribution < -0.4 is 4.74 Å². The van der Waals surface area contributed by atoms with E-state index in [0.717, 1.165) is 24.3 Å². The molecule has 3 nitrogen and oxygen atoms in total. The highest BCUT2D eigenvalue weighted by Crippen LogP contribution is 2.31. The molecule has 0 unspecified atom stereocenters. The van der Waals surface area contributed by atoms with E-state index in [0.29, 0.717) is 12.4 Å². The van der Waals surface area contributed by atoms with Gasteiger partial charge in [-0.25, -0.2) is 9.97 Å². The zero-order chi connectivity index (χ0) is 15.7. The highest BCUT2D eigenvalue weighted by Gasteiger charge is 2.31. The molecule has 21 heavy (non-hydrogen) atoms. The summed E-state index contributed by atoms with van der Waals surface area (Å²) in [6, 6.07) is 3.38. The van der Waals surface area contributed by atoms with Crippen LogP contribution in [0.2, 0.25) is 0 Å². The van der Waals surface area contributed by atoms with Crippen LogP contribution in [-0.2, 0) is 12.4 Å². The molecule has 0 aliphatic carbocycles. The van der Waals surface area contributed by atoms with Gasteiger partial charge < -0.3 is 4.74 Å². The summed E-state index contributed by atoms with van der Waals surface area (Å²) in [5.74, 6) is -0.425. The molecule has 2 aromatic heterocycles. The second-order valence-electron chi connectivity index (χ2n) is 3.87. The number of halogens is 6. The number of alkyl halides is 6. The second kappa shape index (κ2) is 5.23. The van der Waals surface area contributed by atoms with E-state index in [-0.39, 0.29) is 11.8 Å². The van der Waals surface area contributed by atoms with Crippen LogP contribution in [-0.4, -0.2) is 9.97 Å². The third-order valence-electron chi connectivity index (χ3n) is 2.34. The first-order chi connectivity index (χ1) is 9.66. The molecular weight excluding hydrogens is 302 g/mol. The Balaban J connectivity index is 2.12. The van der Waals surface area contributed by atoms with Gasteiger partial charge in [0.25, 0.3) is 0 Å². The molecule has 0 aromatic carbocycles. The molecule has 0 saturated carbocycles. The lowest BCUT2D eigenvalue weighted by Crippen LogP contribution is -2.06. The molecule has 0 aliphatic rings. The molecule has 0 bridgehead atoms. The van der Waals surface area contributed by atoms with Crippen molar-refractivity contribution >= 4 is 0 Å². The molecule has 112 valence electrons. The number of nitrogens with zero attached hydrogens (tertiary/aromatic N) is 2. The summed E-state index contributed by atoms with van der Waals surface area (Å²) in [6.07, 6.45) is -7.95. The Labute approximate surface area is 114 Å². The Morgan fingerprint density at radius 2 is 1.05 bits per heavy atom. The van der Waals surface area contributed by atoms with Crippen LogP contribution in [0, 0.1) is 0 Å². The van der Waals surface area contributed by atoms with Crippen LogP contribution in [0.15, 0.2) is 36.7 Å². The van der Waals surface area contributed by atoms with E-state index in [1.54, 1.807) is 0 Å². The van der Waals surface area contributed by atoms with Crippen LogP contribution >= 0.6 is 0 Å². The zero-order valence-electron chi connectivity index (χ0n) is 10.0. The summed E-state index contributed by atoms with van der Waals surface area (Å²) in [4.78, 5) is 6.81. The molecule has 0 fully saturated rings. The molecular formula is C12H6F6N2O. The van der Waals surface area contributed by atoms with E-state index in [4.69, 9.17) is 4.74 Å². The van der Waals surface area contributed by atoms with Gasteiger partial charge in [0.1, 0.15) is 0 Å². The molecule has 0 spiro atoms. The van der Waals surface area contributed by atoms with Crippen molar-refractivity contribution in [1.29, 1.82) is 0 Å². The minimum atomic E-state index is -4.53. The van der Waals surface area contributed by atoms with Crippen LogP contribution in [0.25, 0.3) is 0 Å². The normalized spacial score (nSPS) is 12.3. The van der Waals surface area contributed by atoms with Crippen molar-refractivity contribution in [2.75, 3.05) is 0 Å². The second-order valence-corrected chi connectivity index (χ2v) is 3.87. The Morgan fingerprint density at radius 1 is 0.667 bits per heavy atom. The topological polar surface area (TPSA) is 35.0 Å². The number of aromatic nitrogens is 2. The quantitative estimate of drug-likeness (QED) is 0.776. The smallest absolute Gasteiger partial charge is 0.417 e. The van der Waals surface area contributed by atoms with Crippen molar-refractivity contribution in [3.8, 4) is 11.8 Å². The van der Waals surface area contributed by atoms with Crippen molar-refractivity contribution in [3.05, 3.63) is 47.8 Å². The van der Waals surface area contributed by atoms with Crippen molar-refractivity contribution in [1.82, 2.24) is 9.97 Å². The first-order valence-electron chi connectivity index (χ1n) is 5.40. The van der Waals surface area contributed by atoms with E-state index in [1.807, 2.05) is 0 Å². The van der Waals surface area contributed by atoms with Gasteiger partial charge in [0.2, 0.25) is 11.8 Å². The molecule has 0 amide bonds. The van der Waals surface area contributed by atoms with Crippen LogP contribution in [0.3, 0.4) is 0 Å². The predicted molar refractivity (Wildman–Crippen MR) is 58.6 cm³/mol. The summed E-state index contributed by atoms with van der Waals surface area (Å²) in [6.45, 7) is 0. The lowest BCUT2D eigenvalue weighted by molar-refractivity contribution is -0.138. The summed E-state index contributed by atoms with van der Waals surface area (Å²) in [7, 11) is 0. The summed E-state index contributed by atoms with van der Waals surface area (Å²) in [5, 5.41) is 0. The largest absolute Gasteiger partial charge is 0.421 e. The average molecular weight is 308 g/mol. The van der Waals surface area contributed by atoms with Crippen LogP contribution in [0.1, 0.15) is 11.1 Å². The van der Waals surface area contributed by atoms with Crippen molar-refractivity contribution in [2.24, 2.45) is 0 Å². The lowest BCUT2D eigenvalue weighted by Gasteiger charge is -2.08. The lowest BCUT2D eigenvalue weighted by atomic mass is 10.3. The summed E-state index contributed by atoms with van der Waals surface area (Å²) in [5.41, 5.74) is -1.93. The van der Waals surface area contributed by atoms with E-state index < -0.39 is 23.5 Å². The Hall–Kier alpha value is -2.32. The van der Waals surface area contributed by atoms with E-state index in [9.17, 15) is 26.3 Å². The van der Waals surface area contributed by atoms with Crippen molar-refractivity contribution in [2.45, 2.75) is 12.4 Å². The van der Waals surface area contributed by atoms with Gasteiger partial charge in [0, 0.05) is 24.5 Å². The number of rotatable bonds is 2. The molecule has 2 rings (SSSR count). The minimum Gasteiger partial charge on any atom is -0.421 e. The highest BCUT2D eigenvalue weighted by molar-refractivity contribution is 5.26. The van der Waals surface area contributed by atoms with Gasteiger partial charge in [-0.1, -0.05) is 0 Å². The maximum Gasteiger partial charge on any atom is 0.417 e. The van der Waals surface area contributed by atoms with Gasteiger partial charge in [-0.3, -0.25) is 0 Å². The fraction of sp³-hybridized carbons (Fsp3) is 0.167. The summed E-state index contributed by atoms with van der Waals surface area (Å²) < 4.78 is 78.8.